The van der Waals surface area contributed by atoms with E-state index in [9.17, 15) is 0 Å². The van der Waals surface area contributed by atoms with Crippen LogP contribution < -0.4 is 10.6 Å². The molecule has 0 amide bonds. The summed E-state index contributed by atoms with van der Waals surface area (Å²) >= 11 is 16.9. The molecule has 0 aliphatic carbocycles. The normalized spacial score (nSPS) is 12.0. The molecule has 0 saturated carbocycles. The van der Waals surface area contributed by atoms with Crippen LogP contribution in [0.5, 0.6) is 0 Å². The first-order valence-electron chi connectivity index (χ1n) is 5.05. The van der Waals surface area contributed by atoms with Crippen LogP contribution in [0.1, 0.15) is 6.92 Å². The quantitative estimate of drug-likeness (QED) is 0.834. The van der Waals surface area contributed by atoms with E-state index in [0.29, 0.717) is 21.7 Å². The molecular weight excluding hydrogens is 279 g/mol. The Bertz CT molecular complexity index is 401. The van der Waals surface area contributed by atoms with Gasteiger partial charge in [-0.25, -0.2) is 0 Å². The zero-order valence-corrected chi connectivity index (χ0v) is 11.9. The molecule has 0 aromatic heterocycles. The smallest absolute Gasteiger partial charge is 0.170 e. The van der Waals surface area contributed by atoms with Gasteiger partial charge in [0.1, 0.15) is 0 Å². The van der Waals surface area contributed by atoms with Crippen molar-refractivity contribution in [3.05, 3.63) is 28.2 Å². The van der Waals surface area contributed by atoms with Gasteiger partial charge in [-0.2, -0.15) is 0 Å². The third kappa shape index (κ3) is 5.08. The van der Waals surface area contributed by atoms with Gasteiger partial charge in [0.15, 0.2) is 5.11 Å². The van der Waals surface area contributed by atoms with Crippen LogP contribution in [-0.4, -0.2) is 24.9 Å². The van der Waals surface area contributed by atoms with Crippen molar-refractivity contribution in [2.75, 3.05) is 19.0 Å². The second kappa shape index (κ2) is 7.01. The predicted octanol–water partition coefficient (Wildman–Crippen LogP) is 3.31. The minimum atomic E-state index is 0.0930. The molecule has 3 nitrogen and oxygen atoms in total. The van der Waals surface area contributed by atoms with Gasteiger partial charge in [0.05, 0.1) is 16.8 Å². The molecular formula is C11H14Cl2N2OS. The number of thiocarbonyl (C=S) groups is 1. The fourth-order valence-corrected chi connectivity index (χ4v) is 1.73. The molecule has 0 radical (unpaired) electrons. The number of nitrogens with one attached hydrogen (secondary N) is 2. The Morgan fingerprint density at radius 2 is 2.18 bits per heavy atom. The second-order valence-electron chi connectivity index (χ2n) is 3.51. The van der Waals surface area contributed by atoms with Crippen molar-refractivity contribution in [1.29, 1.82) is 0 Å². The molecule has 1 unspecified atom stereocenters. The summed E-state index contributed by atoms with van der Waals surface area (Å²) in [5.74, 6) is 0. The Kier molecular flexibility index (Phi) is 5.98. The molecule has 1 aromatic carbocycles. The highest BCUT2D eigenvalue weighted by Crippen LogP contribution is 2.25. The lowest BCUT2D eigenvalue weighted by Gasteiger charge is -2.14. The number of ether oxygens (including phenoxy) is 1. The van der Waals surface area contributed by atoms with E-state index in [1.165, 1.54) is 0 Å². The van der Waals surface area contributed by atoms with Crippen LogP contribution in [0, 0.1) is 0 Å². The van der Waals surface area contributed by atoms with Gasteiger partial charge in [0.2, 0.25) is 0 Å². The molecule has 1 aromatic rings. The molecule has 1 atom stereocenters. The lowest BCUT2D eigenvalue weighted by atomic mass is 10.3. The van der Waals surface area contributed by atoms with Gasteiger partial charge in [0, 0.05) is 18.7 Å². The average Bonchev–Trinajstić information content (AvgIpc) is 2.29. The molecule has 0 spiro atoms. The number of hydrogen-bond acceptors (Lipinski definition) is 2. The molecule has 0 aliphatic heterocycles. The first kappa shape index (κ1) is 14.5. The average molecular weight is 293 g/mol. The van der Waals surface area contributed by atoms with E-state index in [1.54, 1.807) is 25.3 Å². The highest BCUT2D eigenvalue weighted by atomic mass is 35.5. The Morgan fingerprint density at radius 1 is 1.47 bits per heavy atom. The number of benzene rings is 1. The zero-order valence-electron chi connectivity index (χ0n) is 9.59. The second-order valence-corrected chi connectivity index (χ2v) is 4.76. The van der Waals surface area contributed by atoms with E-state index in [0.717, 1.165) is 5.69 Å². The molecule has 6 heteroatoms. The van der Waals surface area contributed by atoms with Crippen LogP contribution in [0.3, 0.4) is 0 Å². The predicted molar refractivity (Wildman–Crippen MR) is 77.2 cm³/mol. The SMILES string of the molecule is COC(C)CNC(=S)Nc1ccc(Cl)cc1Cl. The van der Waals surface area contributed by atoms with Crippen LogP contribution in [0.25, 0.3) is 0 Å². The van der Waals surface area contributed by atoms with Gasteiger partial charge in [-0.15, -0.1) is 0 Å². The summed E-state index contributed by atoms with van der Waals surface area (Å²) in [6.45, 7) is 2.58. The number of methoxy groups -OCH3 is 1. The first-order chi connectivity index (χ1) is 8.02. The molecule has 0 saturated heterocycles. The van der Waals surface area contributed by atoms with Crippen molar-refractivity contribution in [2.45, 2.75) is 13.0 Å². The van der Waals surface area contributed by atoms with Crippen LogP contribution >= 0.6 is 35.4 Å². The molecule has 0 bridgehead atoms. The lowest BCUT2D eigenvalue weighted by molar-refractivity contribution is 0.121. The molecule has 0 fully saturated rings. The van der Waals surface area contributed by atoms with Gasteiger partial charge < -0.3 is 15.4 Å². The molecule has 0 heterocycles. The molecule has 17 heavy (non-hydrogen) atoms. The molecule has 2 N–H and O–H groups in total. The van der Waals surface area contributed by atoms with E-state index in [1.807, 2.05) is 6.92 Å². The topological polar surface area (TPSA) is 33.3 Å². The van der Waals surface area contributed by atoms with Crippen molar-refractivity contribution >= 4 is 46.2 Å². The Morgan fingerprint density at radius 3 is 2.76 bits per heavy atom. The van der Waals surface area contributed by atoms with Gasteiger partial charge in [-0.1, -0.05) is 23.2 Å². The fourth-order valence-electron chi connectivity index (χ4n) is 1.08. The summed E-state index contributed by atoms with van der Waals surface area (Å²) in [6, 6.07) is 5.18. The van der Waals surface area contributed by atoms with E-state index < -0.39 is 0 Å². The van der Waals surface area contributed by atoms with Gasteiger partial charge in [-0.05, 0) is 37.3 Å². The van der Waals surface area contributed by atoms with Crippen molar-refractivity contribution in [3.63, 3.8) is 0 Å². The summed E-state index contributed by atoms with van der Waals surface area (Å²) in [7, 11) is 1.65. The maximum atomic E-state index is 6.00. The fraction of sp³-hybridized carbons (Fsp3) is 0.364. The van der Waals surface area contributed by atoms with Gasteiger partial charge >= 0.3 is 0 Å². The van der Waals surface area contributed by atoms with Crippen molar-refractivity contribution in [2.24, 2.45) is 0 Å². The third-order valence-electron chi connectivity index (χ3n) is 2.13. The summed E-state index contributed by atoms with van der Waals surface area (Å²) in [5, 5.41) is 7.64. The van der Waals surface area contributed by atoms with Crippen molar-refractivity contribution in [1.82, 2.24) is 5.32 Å². The number of anilines is 1. The van der Waals surface area contributed by atoms with Crippen LogP contribution in [0.2, 0.25) is 10.0 Å². The van der Waals surface area contributed by atoms with E-state index in [2.05, 4.69) is 10.6 Å². The number of halogens is 2. The number of hydrogen-bond donors (Lipinski definition) is 2. The zero-order chi connectivity index (χ0) is 12.8. The van der Waals surface area contributed by atoms with Crippen LogP contribution in [0.4, 0.5) is 5.69 Å². The Balaban J connectivity index is 2.50. The van der Waals surface area contributed by atoms with E-state index in [-0.39, 0.29) is 6.10 Å². The standard InChI is InChI=1S/C11H14Cl2N2OS/c1-7(16-2)6-14-11(17)15-10-4-3-8(12)5-9(10)13/h3-5,7H,6H2,1-2H3,(H2,14,15,17). The summed E-state index contributed by atoms with van der Waals surface area (Å²) in [6.07, 6.45) is 0.0930. The van der Waals surface area contributed by atoms with E-state index in [4.69, 9.17) is 40.2 Å². The van der Waals surface area contributed by atoms with Crippen molar-refractivity contribution < 1.29 is 4.74 Å². The Hall–Kier alpha value is -0.550. The first-order valence-corrected chi connectivity index (χ1v) is 6.22. The lowest BCUT2D eigenvalue weighted by Crippen LogP contribution is -2.34. The minimum absolute atomic E-state index is 0.0930. The van der Waals surface area contributed by atoms with Gasteiger partial charge in [-0.3, -0.25) is 0 Å². The van der Waals surface area contributed by atoms with Crippen LogP contribution in [-0.2, 0) is 4.74 Å². The maximum absolute atomic E-state index is 6.00. The van der Waals surface area contributed by atoms with E-state index >= 15 is 0 Å². The largest absolute Gasteiger partial charge is 0.380 e. The summed E-state index contributed by atoms with van der Waals surface area (Å²) < 4.78 is 5.10. The molecule has 94 valence electrons. The summed E-state index contributed by atoms with van der Waals surface area (Å²) in [5.41, 5.74) is 0.721. The third-order valence-corrected chi connectivity index (χ3v) is 2.93. The number of rotatable bonds is 4. The van der Waals surface area contributed by atoms with Crippen LogP contribution in [0.15, 0.2) is 18.2 Å². The summed E-state index contributed by atoms with van der Waals surface area (Å²) in [4.78, 5) is 0. The molecule has 0 aliphatic rings. The van der Waals surface area contributed by atoms with Crippen molar-refractivity contribution in [3.8, 4) is 0 Å². The highest BCUT2D eigenvalue weighted by molar-refractivity contribution is 7.80. The Labute approximate surface area is 116 Å². The molecule has 1 rings (SSSR count). The minimum Gasteiger partial charge on any atom is -0.380 e. The monoisotopic (exact) mass is 292 g/mol. The van der Waals surface area contributed by atoms with Gasteiger partial charge in [0.25, 0.3) is 0 Å². The highest BCUT2D eigenvalue weighted by Gasteiger charge is 2.04. The maximum Gasteiger partial charge on any atom is 0.170 e.